The summed E-state index contributed by atoms with van der Waals surface area (Å²) in [5, 5.41) is 0. The minimum absolute atomic E-state index is 0.0219. The van der Waals surface area contributed by atoms with Gasteiger partial charge in [-0.1, -0.05) is 26.0 Å². The van der Waals surface area contributed by atoms with E-state index in [4.69, 9.17) is 5.73 Å². The van der Waals surface area contributed by atoms with Crippen molar-refractivity contribution in [3.63, 3.8) is 0 Å². The van der Waals surface area contributed by atoms with E-state index >= 15 is 0 Å². The summed E-state index contributed by atoms with van der Waals surface area (Å²) in [6.07, 6.45) is 4.27. The highest BCUT2D eigenvalue weighted by Crippen LogP contribution is 2.34. The van der Waals surface area contributed by atoms with Gasteiger partial charge in [0.25, 0.3) is 0 Å². The Bertz CT molecular complexity index is 644. The van der Waals surface area contributed by atoms with Crippen molar-refractivity contribution in [2.75, 3.05) is 5.75 Å². The lowest BCUT2D eigenvalue weighted by Gasteiger charge is -2.31. The van der Waals surface area contributed by atoms with Crippen LogP contribution in [0.3, 0.4) is 0 Å². The first kappa shape index (κ1) is 18.0. The van der Waals surface area contributed by atoms with Gasteiger partial charge in [-0.15, -0.1) is 0 Å². The van der Waals surface area contributed by atoms with E-state index in [1.165, 1.54) is 6.42 Å². The number of amides is 1. The molecular formula is C18H27NO3S. The molecule has 0 aliphatic heterocycles. The maximum atomic E-state index is 12.4. The molecule has 0 spiro atoms. The molecule has 1 amide bonds. The van der Waals surface area contributed by atoms with E-state index in [1.54, 1.807) is 24.3 Å². The lowest BCUT2D eigenvalue weighted by atomic mass is 9.76. The van der Waals surface area contributed by atoms with E-state index in [0.29, 0.717) is 28.9 Å². The van der Waals surface area contributed by atoms with Gasteiger partial charge in [0, 0.05) is 5.56 Å². The van der Waals surface area contributed by atoms with Gasteiger partial charge in [-0.3, -0.25) is 4.79 Å². The molecule has 1 fully saturated rings. The second-order valence-electron chi connectivity index (χ2n) is 7.23. The fourth-order valence-corrected chi connectivity index (χ4v) is 5.36. The van der Waals surface area contributed by atoms with Crippen molar-refractivity contribution in [3.05, 3.63) is 35.4 Å². The minimum Gasteiger partial charge on any atom is -0.366 e. The Labute approximate surface area is 139 Å². The summed E-state index contributed by atoms with van der Waals surface area (Å²) in [4.78, 5) is 11.2. The van der Waals surface area contributed by atoms with Crippen molar-refractivity contribution in [1.82, 2.24) is 0 Å². The fraction of sp³-hybridized carbons (Fsp3) is 0.611. The Morgan fingerprint density at radius 1 is 1.17 bits per heavy atom. The van der Waals surface area contributed by atoms with Crippen LogP contribution in [-0.2, 0) is 15.6 Å². The van der Waals surface area contributed by atoms with Crippen LogP contribution in [0.1, 0.15) is 55.5 Å². The third kappa shape index (κ3) is 5.65. The molecule has 1 aromatic rings. The molecule has 2 N–H and O–H groups in total. The molecule has 0 heterocycles. The van der Waals surface area contributed by atoms with Crippen molar-refractivity contribution in [3.8, 4) is 0 Å². The van der Waals surface area contributed by atoms with E-state index < -0.39 is 15.7 Å². The van der Waals surface area contributed by atoms with E-state index in [1.807, 2.05) is 0 Å². The van der Waals surface area contributed by atoms with Gasteiger partial charge in [-0.25, -0.2) is 8.42 Å². The fourth-order valence-electron chi connectivity index (χ4n) is 3.84. The van der Waals surface area contributed by atoms with Gasteiger partial charge >= 0.3 is 0 Å². The first-order chi connectivity index (χ1) is 10.7. The number of primary amides is 1. The average Bonchev–Trinajstić information content (AvgIpc) is 2.44. The van der Waals surface area contributed by atoms with Crippen LogP contribution in [0, 0.1) is 17.8 Å². The summed E-state index contributed by atoms with van der Waals surface area (Å²) in [5.74, 6) is 1.57. The van der Waals surface area contributed by atoms with Crippen molar-refractivity contribution < 1.29 is 13.2 Å². The number of carbonyl (C=O) groups excluding carboxylic acids is 1. The standard InChI is InChI=1S/C18H27NO3S/c1-13-8-14(2)10-15(9-13)6-7-23(21,22)12-16-4-3-5-17(11-16)18(19)20/h3-5,11,13-15H,6-10,12H2,1-2H3,(H2,19,20)/t13-,14-/m0/s1. The molecule has 0 unspecified atom stereocenters. The SMILES string of the molecule is C[C@@H]1CC(CCS(=O)(=O)Cc2cccc(C(N)=O)c2)C[C@@H](C)C1. The highest BCUT2D eigenvalue weighted by molar-refractivity contribution is 7.90. The van der Waals surface area contributed by atoms with Crippen LogP contribution < -0.4 is 5.73 Å². The highest BCUT2D eigenvalue weighted by atomic mass is 32.2. The summed E-state index contributed by atoms with van der Waals surface area (Å²) in [6, 6.07) is 6.58. The molecule has 23 heavy (non-hydrogen) atoms. The third-order valence-corrected chi connectivity index (χ3v) is 6.34. The van der Waals surface area contributed by atoms with Crippen molar-refractivity contribution in [2.45, 2.75) is 45.3 Å². The lowest BCUT2D eigenvalue weighted by Crippen LogP contribution is -2.22. The maximum Gasteiger partial charge on any atom is 0.248 e. The lowest BCUT2D eigenvalue weighted by molar-refractivity contribution is 0.1000. The monoisotopic (exact) mass is 337 g/mol. The largest absolute Gasteiger partial charge is 0.366 e. The summed E-state index contributed by atoms with van der Waals surface area (Å²) in [7, 11) is -3.16. The van der Waals surface area contributed by atoms with Gasteiger partial charge in [-0.05, 0) is 61.1 Å². The molecule has 4 nitrogen and oxygen atoms in total. The molecule has 2 atom stereocenters. The van der Waals surface area contributed by atoms with Crippen molar-refractivity contribution in [2.24, 2.45) is 23.5 Å². The van der Waals surface area contributed by atoms with Crippen molar-refractivity contribution in [1.29, 1.82) is 0 Å². The van der Waals surface area contributed by atoms with Crippen LogP contribution in [0.15, 0.2) is 24.3 Å². The van der Waals surface area contributed by atoms with Gasteiger partial charge < -0.3 is 5.73 Å². The number of hydrogen-bond donors (Lipinski definition) is 1. The van der Waals surface area contributed by atoms with Gasteiger partial charge in [-0.2, -0.15) is 0 Å². The number of sulfone groups is 1. The predicted molar refractivity (Wildman–Crippen MR) is 92.7 cm³/mol. The van der Waals surface area contributed by atoms with E-state index in [2.05, 4.69) is 13.8 Å². The molecular weight excluding hydrogens is 310 g/mol. The van der Waals surface area contributed by atoms with Crippen LogP contribution in [0.4, 0.5) is 0 Å². The molecule has 0 aromatic heterocycles. The smallest absolute Gasteiger partial charge is 0.248 e. The predicted octanol–water partition coefficient (Wildman–Crippen LogP) is 3.16. The van der Waals surface area contributed by atoms with Gasteiger partial charge in [0.05, 0.1) is 11.5 Å². The van der Waals surface area contributed by atoms with Crippen molar-refractivity contribution >= 4 is 15.7 Å². The second kappa shape index (κ2) is 7.47. The summed E-state index contributed by atoms with van der Waals surface area (Å²) >= 11 is 0. The van der Waals surface area contributed by atoms with Gasteiger partial charge in [0.1, 0.15) is 0 Å². The van der Waals surface area contributed by atoms with E-state index in [-0.39, 0.29) is 11.5 Å². The van der Waals surface area contributed by atoms with Crippen LogP contribution in [0.2, 0.25) is 0 Å². The molecule has 2 rings (SSSR count). The third-order valence-electron chi connectivity index (χ3n) is 4.71. The highest BCUT2D eigenvalue weighted by Gasteiger charge is 2.25. The summed E-state index contributed by atoms with van der Waals surface area (Å²) in [6.45, 7) is 4.51. The Balaban J connectivity index is 1.94. The molecule has 1 aliphatic rings. The van der Waals surface area contributed by atoms with E-state index in [0.717, 1.165) is 19.3 Å². The Kier molecular flexibility index (Phi) is 5.84. The molecule has 0 radical (unpaired) electrons. The van der Waals surface area contributed by atoms with E-state index in [9.17, 15) is 13.2 Å². The van der Waals surface area contributed by atoms with Crippen LogP contribution in [0.25, 0.3) is 0 Å². The topological polar surface area (TPSA) is 77.2 Å². The van der Waals surface area contributed by atoms with Crippen LogP contribution >= 0.6 is 0 Å². The normalized spacial score (nSPS) is 25.2. The number of hydrogen-bond acceptors (Lipinski definition) is 3. The van der Waals surface area contributed by atoms with Gasteiger partial charge in [0.2, 0.25) is 5.91 Å². The molecule has 0 saturated heterocycles. The van der Waals surface area contributed by atoms with Crippen LogP contribution in [-0.4, -0.2) is 20.1 Å². The molecule has 1 saturated carbocycles. The molecule has 1 aliphatic carbocycles. The zero-order chi connectivity index (χ0) is 17.0. The zero-order valence-corrected chi connectivity index (χ0v) is 14.8. The Hall–Kier alpha value is -1.36. The first-order valence-electron chi connectivity index (χ1n) is 8.34. The second-order valence-corrected chi connectivity index (χ2v) is 9.41. The minimum atomic E-state index is -3.16. The first-order valence-corrected chi connectivity index (χ1v) is 10.2. The summed E-state index contributed by atoms with van der Waals surface area (Å²) < 4.78 is 24.7. The van der Waals surface area contributed by atoms with Gasteiger partial charge in [0.15, 0.2) is 9.84 Å². The Morgan fingerprint density at radius 3 is 2.43 bits per heavy atom. The molecule has 128 valence electrons. The maximum absolute atomic E-state index is 12.4. The average molecular weight is 337 g/mol. The molecule has 1 aromatic carbocycles. The zero-order valence-electron chi connectivity index (χ0n) is 14.0. The van der Waals surface area contributed by atoms with Crippen LogP contribution in [0.5, 0.6) is 0 Å². The molecule has 5 heteroatoms. The quantitative estimate of drug-likeness (QED) is 0.866. The summed E-state index contributed by atoms with van der Waals surface area (Å²) in [5.41, 5.74) is 6.23. The molecule has 0 bridgehead atoms. The number of carbonyl (C=O) groups is 1. The number of rotatable bonds is 6. The number of benzene rings is 1. The Morgan fingerprint density at radius 2 is 1.83 bits per heavy atom. The number of nitrogens with two attached hydrogens (primary N) is 1.